The molecule has 1 saturated heterocycles. The van der Waals surface area contributed by atoms with Gasteiger partial charge in [0.25, 0.3) is 0 Å². The fourth-order valence-corrected chi connectivity index (χ4v) is 3.61. The van der Waals surface area contributed by atoms with Gasteiger partial charge in [-0.2, -0.15) is 4.98 Å². The number of methoxy groups -OCH3 is 1. The predicted octanol–water partition coefficient (Wildman–Crippen LogP) is 3.95. The molecule has 2 aromatic carbocycles. The van der Waals surface area contributed by atoms with Crippen molar-refractivity contribution >= 4 is 0 Å². The zero-order chi connectivity index (χ0) is 22.0. The molecule has 0 aliphatic carbocycles. The molecule has 7 nitrogen and oxygen atoms in total. The van der Waals surface area contributed by atoms with Gasteiger partial charge in [0, 0.05) is 18.7 Å². The number of ether oxygens (including phenoxy) is 2. The van der Waals surface area contributed by atoms with Crippen LogP contribution in [-0.2, 0) is 6.54 Å². The number of nitrogens with zero attached hydrogens (tertiary/aromatic N) is 3. The number of aliphatic hydroxyl groups excluding tert-OH is 1. The molecule has 1 aliphatic rings. The zero-order valence-electron chi connectivity index (χ0n) is 16.5. The minimum atomic E-state index is -4.76. The molecule has 2 heterocycles. The van der Waals surface area contributed by atoms with E-state index in [-0.39, 0.29) is 18.3 Å². The van der Waals surface area contributed by atoms with E-state index in [0.29, 0.717) is 36.0 Å². The summed E-state index contributed by atoms with van der Waals surface area (Å²) in [7, 11) is 1.58. The number of benzene rings is 2. The van der Waals surface area contributed by atoms with Gasteiger partial charge in [0.2, 0.25) is 11.7 Å². The predicted molar refractivity (Wildman–Crippen MR) is 103 cm³/mol. The van der Waals surface area contributed by atoms with Gasteiger partial charge in [0.1, 0.15) is 11.5 Å². The molecule has 0 amide bonds. The molecule has 1 aromatic heterocycles. The van der Waals surface area contributed by atoms with Gasteiger partial charge in [0.15, 0.2) is 0 Å². The lowest BCUT2D eigenvalue weighted by Gasteiger charge is -2.21. The third kappa shape index (κ3) is 5.15. The minimum absolute atomic E-state index is 0.289. The Morgan fingerprint density at radius 3 is 2.65 bits per heavy atom. The maximum Gasteiger partial charge on any atom is 0.573 e. The number of aliphatic hydroxyl groups is 1. The Morgan fingerprint density at radius 2 is 1.94 bits per heavy atom. The van der Waals surface area contributed by atoms with Crippen LogP contribution < -0.4 is 9.47 Å². The van der Waals surface area contributed by atoms with Crippen LogP contribution in [0, 0.1) is 0 Å². The molecule has 1 aliphatic heterocycles. The Hall–Kier alpha value is -3.11. The van der Waals surface area contributed by atoms with Crippen LogP contribution in [0.4, 0.5) is 13.2 Å². The van der Waals surface area contributed by atoms with Crippen LogP contribution in [0.3, 0.4) is 0 Å². The first kappa shape index (κ1) is 21.1. The number of β-amino-alcohol motifs (C(OH)–C–C–N with tert-alkyl or cyclic N) is 1. The summed E-state index contributed by atoms with van der Waals surface area (Å²) in [4.78, 5) is 6.36. The number of hydrogen-bond acceptors (Lipinski definition) is 7. The highest BCUT2D eigenvalue weighted by molar-refractivity contribution is 5.55. The average Bonchev–Trinajstić information content (AvgIpc) is 3.34. The Balaban J connectivity index is 1.51. The van der Waals surface area contributed by atoms with Gasteiger partial charge in [-0.15, -0.1) is 13.2 Å². The summed E-state index contributed by atoms with van der Waals surface area (Å²) >= 11 is 0. The van der Waals surface area contributed by atoms with Crippen LogP contribution in [-0.4, -0.2) is 46.3 Å². The van der Waals surface area contributed by atoms with Crippen LogP contribution in [0.25, 0.3) is 11.4 Å². The van der Waals surface area contributed by atoms with Crippen molar-refractivity contribution < 1.29 is 32.3 Å². The van der Waals surface area contributed by atoms with Crippen LogP contribution >= 0.6 is 0 Å². The van der Waals surface area contributed by atoms with Crippen LogP contribution in [0.15, 0.2) is 53.1 Å². The van der Waals surface area contributed by atoms with Crippen molar-refractivity contribution in [2.24, 2.45) is 0 Å². The molecule has 31 heavy (non-hydrogen) atoms. The highest BCUT2D eigenvalue weighted by Crippen LogP contribution is 2.34. The molecule has 1 N–H and O–H groups in total. The number of hydrogen-bond donors (Lipinski definition) is 1. The summed E-state index contributed by atoms with van der Waals surface area (Å²) in [5.74, 6) is 1.15. The van der Waals surface area contributed by atoms with Gasteiger partial charge in [0.05, 0.1) is 19.3 Å². The van der Waals surface area contributed by atoms with Crippen molar-refractivity contribution in [2.75, 3.05) is 13.7 Å². The molecule has 3 aromatic rings. The molecule has 2 unspecified atom stereocenters. The van der Waals surface area contributed by atoms with E-state index >= 15 is 0 Å². The fourth-order valence-electron chi connectivity index (χ4n) is 3.61. The van der Waals surface area contributed by atoms with Gasteiger partial charge in [-0.25, -0.2) is 0 Å². The van der Waals surface area contributed by atoms with E-state index < -0.39 is 12.5 Å². The summed E-state index contributed by atoms with van der Waals surface area (Å²) < 4.78 is 52.1. The second-order valence-corrected chi connectivity index (χ2v) is 7.21. The molecule has 0 spiro atoms. The van der Waals surface area contributed by atoms with Gasteiger partial charge in [-0.3, -0.25) is 4.90 Å². The summed E-state index contributed by atoms with van der Waals surface area (Å²) in [6, 6.07) is 12.6. The first-order valence-electron chi connectivity index (χ1n) is 9.55. The van der Waals surface area contributed by atoms with Crippen LogP contribution in [0.5, 0.6) is 11.5 Å². The summed E-state index contributed by atoms with van der Waals surface area (Å²) in [6.07, 6.45) is -4.99. The summed E-state index contributed by atoms with van der Waals surface area (Å²) in [5, 5.41) is 14.2. The Kier molecular flexibility index (Phi) is 5.84. The summed E-state index contributed by atoms with van der Waals surface area (Å²) in [6.45, 7) is 0.617. The Labute approximate surface area is 176 Å². The van der Waals surface area contributed by atoms with E-state index in [1.165, 1.54) is 18.2 Å². The van der Waals surface area contributed by atoms with E-state index in [1.54, 1.807) is 37.4 Å². The lowest BCUT2D eigenvalue weighted by atomic mass is 10.1. The molecule has 2 atom stereocenters. The lowest BCUT2D eigenvalue weighted by Crippen LogP contribution is -2.24. The summed E-state index contributed by atoms with van der Waals surface area (Å²) in [5.41, 5.74) is 1.36. The first-order valence-corrected chi connectivity index (χ1v) is 9.55. The van der Waals surface area contributed by atoms with Crippen molar-refractivity contribution in [1.82, 2.24) is 15.0 Å². The molecule has 0 radical (unpaired) electrons. The van der Waals surface area contributed by atoms with Crippen molar-refractivity contribution in [3.05, 3.63) is 60.0 Å². The second kappa shape index (κ2) is 8.56. The molecule has 0 bridgehead atoms. The topological polar surface area (TPSA) is 80.9 Å². The lowest BCUT2D eigenvalue weighted by molar-refractivity contribution is -0.274. The number of halogens is 3. The largest absolute Gasteiger partial charge is 0.573 e. The smallest absolute Gasteiger partial charge is 0.497 e. The van der Waals surface area contributed by atoms with E-state index in [2.05, 4.69) is 14.9 Å². The van der Waals surface area contributed by atoms with E-state index in [9.17, 15) is 18.3 Å². The quantitative estimate of drug-likeness (QED) is 0.628. The van der Waals surface area contributed by atoms with Gasteiger partial charge >= 0.3 is 6.36 Å². The third-order valence-corrected chi connectivity index (χ3v) is 4.97. The molecule has 164 valence electrons. The van der Waals surface area contributed by atoms with Gasteiger partial charge < -0.3 is 19.1 Å². The number of likely N-dealkylation sites (tertiary alicyclic amines) is 1. The van der Waals surface area contributed by atoms with Crippen molar-refractivity contribution in [3.63, 3.8) is 0 Å². The average molecular weight is 435 g/mol. The van der Waals surface area contributed by atoms with E-state index in [0.717, 1.165) is 5.56 Å². The van der Waals surface area contributed by atoms with Crippen molar-refractivity contribution in [3.8, 4) is 22.9 Å². The highest BCUT2D eigenvalue weighted by Gasteiger charge is 2.36. The monoisotopic (exact) mass is 435 g/mol. The minimum Gasteiger partial charge on any atom is -0.497 e. The molecule has 4 rings (SSSR count). The number of aromatic nitrogens is 2. The Morgan fingerprint density at radius 1 is 1.16 bits per heavy atom. The fraction of sp³-hybridized carbons (Fsp3) is 0.333. The zero-order valence-corrected chi connectivity index (χ0v) is 16.5. The molecular weight excluding hydrogens is 415 g/mol. The maximum absolute atomic E-state index is 12.5. The van der Waals surface area contributed by atoms with E-state index in [4.69, 9.17) is 9.26 Å². The first-order chi connectivity index (χ1) is 14.8. The molecule has 10 heteroatoms. The van der Waals surface area contributed by atoms with Crippen LogP contribution in [0.2, 0.25) is 0 Å². The van der Waals surface area contributed by atoms with Crippen molar-refractivity contribution in [2.45, 2.75) is 31.5 Å². The maximum atomic E-state index is 12.5. The van der Waals surface area contributed by atoms with Gasteiger partial charge in [-0.05, 0) is 48.4 Å². The third-order valence-electron chi connectivity index (χ3n) is 4.97. The molecule has 1 fully saturated rings. The Bertz CT molecular complexity index is 1020. The van der Waals surface area contributed by atoms with Crippen LogP contribution in [0.1, 0.15) is 23.9 Å². The second-order valence-electron chi connectivity index (χ2n) is 7.21. The van der Waals surface area contributed by atoms with Gasteiger partial charge in [-0.1, -0.05) is 17.3 Å². The molecular formula is C21H20F3N3O4. The van der Waals surface area contributed by atoms with E-state index in [1.807, 2.05) is 4.90 Å². The highest BCUT2D eigenvalue weighted by atomic mass is 19.4. The SMILES string of the molecule is COc1ccc(-c2noc(C3CC(O)CN3Cc3cccc(OC(F)(F)F)c3)n2)cc1. The molecule has 0 saturated carbocycles. The van der Waals surface area contributed by atoms with Crippen molar-refractivity contribution in [1.29, 1.82) is 0 Å². The standard InChI is InChI=1S/C21H20F3N3O4/c1-29-16-7-5-14(6-8-16)19-25-20(31-26-19)18-10-15(28)12-27(18)11-13-3-2-4-17(9-13)30-21(22,23)24/h2-9,15,18,28H,10-12H2,1H3. The normalized spacial score (nSPS) is 19.5. The number of alkyl halides is 3. The number of rotatable bonds is 6.